The van der Waals surface area contributed by atoms with Crippen molar-refractivity contribution in [1.82, 2.24) is 5.32 Å². The molecule has 0 saturated carbocycles. The fourth-order valence-electron chi connectivity index (χ4n) is 1.59. The summed E-state index contributed by atoms with van der Waals surface area (Å²) in [5.41, 5.74) is 0.611. The van der Waals surface area contributed by atoms with Crippen LogP contribution in [-0.4, -0.2) is 37.5 Å². The topological polar surface area (TPSA) is 79.8 Å². The van der Waals surface area contributed by atoms with Gasteiger partial charge in [-0.1, -0.05) is 13.8 Å². The SMILES string of the molecule is CCCOc1ccc(NC(=O)NCCO)cc1OCCC. The average Bonchev–Trinajstić information content (AvgIpc) is 2.49. The Labute approximate surface area is 125 Å². The summed E-state index contributed by atoms with van der Waals surface area (Å²) >= 11 is 0. The summed E-state index contributed by atoms with van der Waals surface area (Å²) in [7, 11) is 0. The lowest BCUT2D eigenvalue weighted by atomic mass is 10.2. The Bertz CT molecular complexity index is 438. The first-order valence-corrected chi connectivity index (χ1v) is 7.26. The molecule has 3 N–H and O–H groups in total. The van der Waals surface area contributed by atoms with Crippen LogP contribution in [0, 0.1) is 0 Å². The Hall–Kier alpha value is -1.95. The second kappa shape index (κ2) is 9.88. The van der Waals surface area contributed by atoms with E-state index in [4.69, 9.17) is 14.6 Å². The number of rotatable bonds is 9. The molecule has 0 radical (unpaired) electrons. The minimum Gasteiger partial charge on any atom is -0.490 e. The van der Waals surface area contributed by atoms with E-state index in [0.717, 1.165) is 12.8 Å². The molecule has 0 spiro atoms. The summed E-state index contributed by atoms with van der Waals surface area (Å²) in [6, 6.07) is 4.90. The zero-order valence-corrected chi connectivity index (χ0v) is 12.6. The molecule has 6 heteroatoms. The second-order valence-corrected chi connectivity index (χ2v) is 4.46. The molecule has 0 aliphatic heterocycles. The fourth-order valence-corrected chi connectivity index (χ4v) is 1.59. The number of urea groups is 1. The van der Waals surface area contributed by atoms with Crippen LogP contribution in [0.2, 0.25) is 0 Å². The molecule has 118 valence electrons. The molecule has 0 unspecified atom stereocenters. The van der Waals surface area contributed by atoms with Crippen molar-refractivity contribution in [3.8, 4) is 11.5 Å². The number of hydrogen-bond donors (Lipinski definition) is 3. The van der Waals surface area contributed by atoms with Crippen LogP contribution >= 0.6 is 0 Å². The van der Waals surface area contributed by atoms with Gasteiger partial charge in [0, 0.05) is 18.3 Å². The van der Waals surface area contributed by atoms with Gasteiger partial charge in [-0.15, -0.1) is 0 Å². The van der Waals surface area contributed by atoms with Gasteiger partial charge in [-0.3, -0.25) is 0 Å². The van der Waals surface area contributed by atoms with Gasteiger partial charge in [-0.25, -0.2) is 4.79 Å². The molecule has 0 bridgehead atoms. The highest BCUT2D eigenvalue weighted by Crippen LogP contribution is 2.30. The molecular weight excluding hydrogens is 272 g/mol. The Morgan fingerprint density at radius 1 is 1.14 bits per heavy atom. The first-order chi connectivity index (χ1) is 10.2. The van der Waals surface area contributed by atoms with E-state index < -0.39 is 0 Å². The normalized spacial score (nSPS) is 10.0. The highest BCUT2D eigenvalue weighted by Gasteiger charge is 2.08. The molecule has 0 heterocycles. The zero-order chi connectivity index (χ0) is 15.5. The summed E-state index contributed by atoms with van der Waals surface area (Å²) in [5.74, 6) is 1.29. The lowest BCUT2D eigenvalue weighted by molar-refractivity contribution is 0.244. The van der Waals surface area contributed by atoms with Crippen LogP contribution in [0.3, 0.4) is 0 Å². The van der Waals surface area contributed by atoms with E-state index in [1.807, 2.05) is 13.8 Å². The fraction of sp³-hybridized carbons (Fsp3) is 0.533. The molecule has 0 atom stereocenters. The number of hydrogen-bond acceptors (Lipinski definition) is 4. The summed E-state index contributed by atoms with van der Waals surface area (Å²) in [6.45, 7) is 5.38. The van der Waals surface area contributed by atoms with E-state index in [2.05, 4.69) is 10.6 Å². The minimum absolute atomic E-state index is 0.0952. The first kappa shape index (κ1) is 17.1. The third-order valence-corrected chi connectivity index (χ3v) is 2.52. The average molecular weight is 296 g/mol. The number of ether oxygens (including phenoxy) is 2. The van der Waals surface area contributed by atoms with Gasteiger partial charge in [0.15, 0.2) is 11.5 Å². The molecule has 2 amide bonds. The van der Waals surface area contributed by atoms with Gasteiger partial charge in [0.1, 0.15) is 0 Å². The van der Waals surface area contributed by atoms with Gasteiger partial charge in [0.25, 0.3) is 0 Å². The molecule has 0 saturated heterocycles. The highest BCUT2D eigenvalue weighted by atomic mass is 16.5. The van der Waals surface area contributed by atoms with Gasteiger partial charge in [0.2, 0.25) is 0 Å². The standard InChI is InChI=1S/C15H24N2O4/c1-3-9-20-13-6-5-12(11-14(13)21-10-4-2)17-15(19)16-7-8-18/h5-6,11,18H,3-4,7-10H2,1-2H3,(H2,16,17,19). The molecule has 21 heavy (non-hydrogen) atoms. The van der Waals surface area contributed by atoms with E-state index in [1.165, 1.54) is 0 Å². The second-order valence-electron chi connectivity index (χ2n) is 4.46. The van der Waals surface area contributed by atoms with Crippen molar-refractivity contribution < 1.29 is 19.4 Å². The van der Waals surface area contributed by atoms with E-state index >= 15 is 0 Å². The maximum absolute atomic E-state index is 11.5. The van der Waals surface area contributed by atoms with Crippen molar-refractivity contribution in [3.63, 3.8) is 0 Å². The molecule has 1 aromatic carbocycles. The van der Waals surface area contributed by atoms with Crippen LogP contribution in [0.25, 0.3) is 0 Å². The molecule has 0 aliphatic carbocycles. The van der Waals surface area contributed by atoms with E-state index in [-0.39, 0.29) is 19.2 Å². The monoisotopic (exact) mass is 296 g/mol. The van der Waals surface area contributed by atoms with Gasteiger partial charge < -0.3 is 25.2 Å². The molecular formula is C15H24N2O4. The van der Waals surface area contributed by atoms with Crippen molar-refractivity contribution in [2.24, 2.45) is 0 Å². The number of carbonyl (C=O) groups is 1. The predicted molar refractivity (Wildman–Crippen MR) is 82.1 cm³/mol. The van der Waals surface area contributed by atoms with Crippen LogP contribution < -0.4 is 20.1 Å². The van der Waals surface area contributed by atoms with Crippen LogP contribution in [0.15, 0.2) is 18.2 Å². The van der Waals surface area contributed by atoms with Gasteiger partial charge in [-0.05, 0) is 25.0 Å². The number of aliphatic hydroxyl groups is 1. The first-order valence-electron chi connectivity index (χ1n) is 7.26. The number of nitrogens with one attached hydrogen (secondary N) is 2. The van der Waals surface area contributed by atoms with Crippen LogP contribution in [0.5, 0.6) is 11.5 Å². The number of carbonyl (C=O) groups excluding carboxylic acids is 1. The van der Waals surface area contributed by atoms with Gasteiger partial charge >= 0.3 is 6.03 Å². The Balaban J connectivity index is 2.74. The Kier molecular flexibility index (Phi) is 8.04. The number of amides is 2. The third kappa shape index (κ3) is 6.35. The zero-order valence-electron chi connectivity index (χ0n) is 12.6. The number of anilines is 1. The summed E-state index contributed by atoms with van der Waals surface area (Å²) in [6.07, 6.45) is 1.80. The van der Waals surface area contributed by atoms with Gasteiger partial charge in [0.05, 0.1) is 19.8 Å². The van der Waals surface area contributed by atoms with Crippen LogP contribution in [0.4, 0.5) is 10.5 Å². The van der Waals surface area contributed by atoms with Crippen LogP contribution in [-0.2, 0) is 0 Å². The summed E-state index contributed by atoms with van der Waals surface area (Å²) in [4.78, 5) is 11.5. The molecule has 0 fully saturated rings. The Morgan fingerprint density at radius 2 is 1.81 bits per heavy atom. The van der Waals surface area contributed by atoms with Crippen molar-refractivity contribution in [2.45, 2.75) is 26.7 Å². The van der Waals surface area contributed by atoms with Crippen molar-refractivity contribution in [1.29, 1.82) is 0 Å². The smallest absolute Gasteiger partial charge is 0.319 e. The molecule has 0 aromatic heterocycles. The molecule has 1 aromatic rings. The molecule has 0 aliphatic rings. The number of benzene rings is 1. The highest BCUT2D eigenvalue weighted by molar-refractivity contribution is 5.89. The van der Waals surface area contributed by atoms with Crippen LogP contribution in [0.1, 0.15) is 26.7 Å². The largest absolute Gasteiger partial charge is 0.490 e. The maximum atomic E-state index is 11.5. The van der Waals surface area contributed by atoms with E-state index in [0.29, 0.717) is 30.4 Å². The van der Waals surface area contributed by atoms with Gasteiger partial charge in [-0.2, -0.15) is 0 Å². The molecule has 6 nitrogen and oxygen atoms in total. The lowest BCUT2D eigenvalue weighted by Crippen LogP contribution is -2.30. The lowest BCUT2D eigenvalue weighted by Gasteiger charge is -2.14. The Morgan fingerprint density at radius 3 is 2.43 bits per heavy atom. The predicted octanol–water partition coefficient (Wildman–Crippen LogP) is 2.38. The molecule has 1 rings (SSSR count). The van der Waals surface area contributed by atoms with Crippen molar-refractivity contribution >= 4 is 11.7 Å². The van der Waals surface area contributed by atoms with E-state index in [1.54, 1.807) is 18.2 Å². The van der Waals surface area contributed by atoms with E-state index in [9.17, 15) is 4.79 Å². The minimum atomic E-state index is -0.368. The van der Waals surface area contributed by atoms with Crippen molar-refractivity contribution in [2.75, 3.05) is 31.7 Å². The maximum Gasteiger partial charge on any atom is 0.319 e. The summed E-state index contributed by atoms with van der Waals surface area (Å²) in [5, 5.41) is 13.9. The van der Waals surface area contributed by atoms with Crippen molar-refractivity contribution in [3.05, 3.63) is 18.2 Å². The number of aliphatic hydroxyl groups excluding tert-OH is 1. The summed E-state index contributed by atoms with van der Waals surface area (Å²) < 4.78 is 11.3. The quantitative estimate of drug-likeness (QED) is 0.653. The third-order valence-electron chi connectivity index (χ3n) is 2.52.